The Morgan fingerprint density at radius 2 is 1.77 bits per heavy atom. The minimum atomic E-state index is -0.290. The van der Waals surface area contributed by atoms with Crippen molar-refractivity contribution >= 4 is 34.6 Å². The summed E-state index contributed by atoms with van der Waals surface area (Å²) in [6, 6.07) is 23.6. The summed E-state index contributed by atoms with van der Waals surface area (Å²) in [5, 5.41) is 4.65. The Kier molecular flexibility index (Phi) is 5.18. The average molecular weight is 449 g/mol. The Labute approximate surface area is 189 Å². The van der Waals surface area contributed by atoms with Gasteiger partial charge in [-0.2, -0.15) is 0 Å². The van der Waals surface area contributed by atoms with Crippen molar-refractivity contribution in [2.24, 2.45) is 0 Å². The third-order valence-corrected chi connectivity index (χ3v) is 5.92. The number of rotatable bonds is 4. The number of aromatic nitrogens is 2. The zero-order chi connectivity index (χ0) is 21.4. The minimum Gasteiger partial charge on any atom is -0.351 e. The molecule has 2 aromatic heterocycles. The zero-order valence-electron chi connectivity index (χ0n) is 16.3. The van der Waals surface area contributed by atoms with E-state index in [1.807, 2.05) is 59.6 Å². The van der Waals surface area contributed by atoms with Crippen LogP contribution in [0.15, 0.2) is 91.3 Å². The molecule has 0 radical (unpaired) electrons. The summed E-state index contributed by atoms with van der Waals surface area (Å²) in [4.78, 5) is 6.59. The smallest absolute Gasteiger partial charge is 0.174 e. The fraction of sp³-hybridized carbons (Fsp3) is 0.0833. The van der Waals surface area contributed by atoms with Gasteiger partial charge in [0.25, 0.3) is 0 Å². The van der Waals surface area contributed by atoms with Gasteiger partial charge < -0.3 is 14.8 Å². The van der Waals surface area contributed by atoms with E-state index in [1.54, 1.807) is 18.3 Å². The molecule has 2 aromatic carbocycles. The van der Waals surface area contributed by atoms with Crippen molar-refractivity contribution in [3.05, 3.63) is 113 Å². The predicted octanol–water partition coefficient (Wildman–Crippen LogP) is 5.84. The van der Waals surface area contributed by atoms with Gasteiger partial charge in [0.15, 0.2) is 5.11 Å². The van der Waals surface area contributed by atoms with Crippen molar-refractivity contribution in [2.75, 3.05) is 4.90 Å². The van der Waals surface area contributed by atoms with E-state index in [-0.39, 0.29) is 17.9 Å². The molecule has 2 atom stereocenters. The maximum absolute atomic E-state index is 13.6. The first-order chi connectivity index (χ1) is 15.1. The van der Waals surface area contributed by atoms with E-state index in [4.69, 9.17) is 23.8 Å². The summed E-state index contributed by atoms with van der Waals surface area (Å²) < 4.78 is 15.7. The lowest BCUT2D eigenvalue weighted by Crippen LogP contribution is -2.30. The number of halogens is 2. The van der Waals surface area contributed by atoms with Crippen LogP contribution in [0.4, 0.5) is 10.1 Å². The molecule has 4 nitrogen and oxygen atoms in total. The molecule has 0 spiro atoms. The fourth-order valence-electron chi connectivity index (χ4n) is 4.03. The van der Waals surface area contributed by atoms with Gasteiger partial charge in [0.05, 0.1) is 11.7 Å². The van der Waals surface area contributed by atoms with E-state index in [0.29, 0.717) is 10.1 Å². The van der Waals surface area contributed by atoms with Gasteiger partial charge in [-0.25, -0.2) is 4.39 Å². The van der Waals surface area contributed by atoms with Crippen molar-refractivity contribution < 1.29 is 4.39 Å². The van der Waals surface area contributed by atoms with Gasteiger partial charge >= 0.3 is 0 Å². The van der Waals surface area contributed by atoms with Crippen molar-refractivity contribution in [3.8, 4) is 5.69 Å². The number of anilines is 1. The van der Waals surface area contributed by atoms with Crippen LogP contribution >= 0.6 is 23.8 Å². The lowest BCUT2D eigenvalue weighted by atomic mass is 10.0. The van der Waals surface area contributed by atoms with E-state index in [1.165, 1.54) is 12.1 Å². The third-order valence-electron chi connectivity index (χ3n) is 5.37. The number of benzene rings is 2. The number of hydrogen-bond donors (Lipinski definition) is 1. The van der Waals surface area contributed by atoms with Gasteiger partial charge in [-0.3, -0.25) is 4.98 Å². The van der Waals surface area contributed by atoms with Crippen LogP contribution in [0.2, 0.25) is 5.02 Å². The molecule has 0 saturated carbocycles. The number of pyridine rings is 1. The highest BCUT2D eigenvalue weighted by Crippen LogP contribution is 2.42. The quantitative estimate of drug-likeness (QED) is 0.397. The molecule has 31 heavy (non-hydrogen) atoms. The Hall–Kier alpha value is -3.22. The molecule has 1 saturated heterocycles. The molecule has 1 fully saturated rings. The van der Waals surface area contributed by atoms with E-state index in [2.05, 4.69) is 20.9 Å². The van der Waals surface area contributed by atoms with Crippen LogP contribution in [0.3, 0.4) is 0 Å². The molecule has 5 rings (SSSR count). The lowest BCUT2D eigenvalue weighted by Gasteiger charge is -2.29. The Morgan fingerprint density at radius 3 is 2.52 bits per heavy atom. The van der Waals surface area contributed by atoms with E-state index < -0.39 is 0 Å². The second kappa shape index (κ2) is 8.13. The van der Waals surface area contributed by atoms with Gasteiger partial charge in [-0.1, -0.05) is 23.7 Å². The van der Waals surface area contributed by atoms with E-state index in [0.717, 1.165) is 22.8 Å². The molecule has 3 heterocycles. The first-order valence-electron chi connectivity index (χ1n) is 9.81. The summed E-state index contributed by atoms with van der Waals surface area (Å²) in [5.74, 6) is -0.290. The number of thiocarbonyl (C=S) groups is 1. The first kappa shape index (κ1) is 19.7. The number of nitrogens with zero attached hydrogens (tertiary/aromatic N) is 3. The lowest BCUT2D eigenvalue weighted by molar-refractivity contribution is 0.549. The molecule has 4 aromatic rings. The molecule has 0 amide bonds. The number of hydrogen-bond acceptors (Lipinski definition) is 2. The minimum absolute atomic E-state index is 0.188. The summed E-state index contributed by atoms with van der Waals surface area (Å²) in [7, 11) is 0. The summed E-state index contributed by atoms with van der Waals surface area (Å²) in [5.41, 5.74) is 3.64. The Balaban J connectivity index is 1.67. The molecule has 154 valence electrons. The average Bonchev–Trinajstić information content (AvgIpc) is 3.39. The monoisotopic (exact) mass is 448 g/mol. The molecule has 1 N–H and O–H groups in total. The van der Waals surface area contributed by atoms with Gasteiger partial charge in [0.1, 0.15) is 11.9 Å². The summed E-state index contributed by atoms with van der Waals surface area (Å²) in [6.45, 7) is 0. The van der Waals surface area contributed by atoms with Crippen molar-refractivity contribution in [3.63, 3.8) is 0 Å². The largest absolute Gasteiger partial charge is 0.351 e. The second-order valence-electron chi connectivity index (χ2n) is 7.26. The second-order valence-corrected chi connectivity index (χ2v) is 8.08. The highest BCUT2D eigenvalue weighted by molar-refractivity contribution is 7.80. The highest BCUT2D eigenvalue weighted by atomic mass is 35.5. The first-order valence-corrected chi connectivity index (χ1v) is 10.6. The molecule has 1 aliphatic rings. The third kappa shape index (κ3) is 3.69. The maximum Gasteiger partial charge on any atom is 0.174 e. The molecule has 2 unspecified atom stereocenters. The van der Waals surface area contributed by atoms with Gasteiger partial charge in [0, 0.05) is 34.5 Å². The van der Waals surface area contributed by atoms with E-state index in [9.17, 15) is 4.39 Å². The maximum atomic E-state index is 13.6. The molecular weight excluding hydrogens is 431 g/mol. The highest BCUT2D eigenvalue weighted by Gasteiger charge is 2.42. The zero-order valence-corrected chi connectivity index (χ0v) is 17.9. The van der Waals surface area contributed by atoms with Gasteiger partial charge in [0.2, 0.25) is 0 Å². The van der Waals surface area contributed by atoms with Crippen molar-refractivity contribution in [1.29, 1.82) is 0 Å². The summed E-state index contributed by atoms with van der Waals surface area (Å²) in [6.07, 6.45) is 3.77. The standard InChI is InChI=1S/C24H18ClFN4S/c25-16-5-3-6-19(15-16)29-14-4-8-21(29)23-22(20-7-1-2-13-27-20)28-24(31)30(23)18-11-9-17(26)10-12-18/h1-15,22-23H,(H,28,31). The molecule has 7 heteroatoms. The Bertz CT molecular complexity index is 1230. The van der Waals surface area contributed by atoms with Gasteiger partial charge in [-0.15, -0.1) is 0 Å². The molecule has 0 aliphatic carbocycles. The van der Waals surface area contributed by atoms with Crippen LogP contribution in [0.25, 0.3) is 5.69 Å². The fourth-order valence-corrected chi connectivity index (χ4v) is 4.56. The molecule has 1 aliphatic heterocycles. The normalized spacial score (nSPS) is 18.3. The van der Waals surface area contributed by atoms with E-state index >= 15 is 0 Å². The molecule has 0 bridgehead atoms. The van der Waals surface area contributed by atoms with Crippen LogP contribution < -0.4 is 10.2 Å². The predicted molar refractivity (Wildman–Crippen MR) is 125 cm³/mol. The molecular formula is C24H18ClFN4S. The SMILES string of the molecule is Fc1ccc(N2C(=S)NC(c3ccccn3)C2c2cccn2-c2cccc(Cl)c2)cc1. The topological polar surface area (TPSA) is 33.1 Å². The Morgan fingerprint density at radius 1 is 0.935 bits per heavy atom. The van der Waals surface area contributed by atoms with Crippen molar-refractivity contribution in [1.82, 2.24) is 14.9 Å². The van der Waals surface area contributed by atoms with Crippen LogP contribution in [0.5, 0.6) is 0 Å². The van der Waals surface area contributed by atoms with Gasteiger partial charge in [-0.05, 0) is 78.9 Å². The van der Waals surface area contributed by atoms with Crippen molar-refractivity contribution in [2.45, 2.75) is 12.1 Å². The summed E-state index contributed by atoms with van der Waals surface area (Å²) >= 11 is 12.0. The number of nitrogens with one attached hydrogen (secondary N) is 1. The van der Waals surface area contributed by atoms with Crippen LogP contribution in [-0.2, 0) is 0 Å². The van der Waals surface area contributed by atoms with Crippen LogP contribution in [-0.4, -0.2) is 14.7 Å². The van der Waals surface area contributed by atoms with Crippen LogP contribution in [0, 0.1) is 5.82 Å². The van der Waals surface area contributed by atoms with Crippen LogP contribution in [0.1, 0.15) is 23.5 Å².